The van der Waals surface area contributed by atoms with E-state index in [1.165, 1.54) is 14.0 Å². The lowest BCUT2D eigenvalue weighted by molar-refractivity contribution is -0.360. The Bertz CT molecular complexity index is 2410. The lowest BCUT2D eigenvalue weighted by Gasteiger charge is -2.52. The summed E-state index contributed by atoms with van der Waals surface area (Å²) in [6.07, 6.45) is -43.2. The zero-order chi connectivity index (χ0) is 64.8. The van der Waals surface area contributed by atoms with Gasteiger partial charge < -0.3 is 140 Å². The number of likely N-dealkylation sites (N-methyl/N-ethyl adjacent to an activating group) is 1. The molecule has 17 N–H and O–H groups in total. The number of nitrogens with zero attached hydrogens (tertiary/aromatic N) is 1. The van der Waals surface area contributed by atoms with Crippen LogP contribution in [-0.2, 0) is 90.1 Å². The van der Waals surface area contributed by atoms with Gasteiger partial charge in [0.25, 0.3) is 0 Å². The highest BCUT2D eigenvalue weighted by atomic mass is 32.3. The van der Waals surface area contributed by atoms with Crippen LogP contribution in [0, 0.1) is 5.92 Å². The summed E-state index contributed by atoms with van der Waals surface area (Å²) in [4.78, 5) is 64.5. The maximum atomic E-state index is 13.0. The monoisotopic (exact) mass is 1290 g/mol. The molecule has 37 nitrogen and oxygen atoms in total. The first-order chi connectivity index (χ1) is 40.8. The average molecular weight is 1290 g/mol. The Balaban J connectivity index is 1.30. The van der Waals surface area contributed by atoms with Crippen LogP contribution in [0.15, 0.2) is 0 Å². The van der Waals surface area contributed by atoms with E-state index >= 15 is 0 Å². The number of nitrogens with one attached hydrogen (secondary N) is 4. The van der Waals surface area contributed by atoms with E-state index in [1.54, 1.807) is 0 Å². The fourth-order valence-corrected chi connectivity index (χ4v) is 11.8. The van der Waals surface area contributed by atoms with Gasteiger partial charge in [0, 0.05) is 47.6 Å². The Kier molecular flexibility index (Phi) is 25.9. The molecule has 5 heterocycles. The van der Waals surface area contributed by atoms with Crippen LogP contribution in [0.3, 0.4) is 0 Å². The Hall–Kier alpha value is -3.70. The van der Waals surface area contributed by atoms with E-state index in [0.717, 1.165) is 46.6 Å². The van der Waals surface area contributed by atoms with Crippen molar-refractivity contribution in [3.8, 4) is 0 Å². The van der Waals surface area contributed by atoms with Crippen LogP contribution in [0.5, 0.6) is 0 Å². The number of ether oxygens (including phenoxy) is 10. The predicted octanol–water partition coefficient (Wildman–Crippen LogP) is -11.4. The van der Waals surface area contributed by atoms with Crippen LogP contribution in [0.1, 0.15) is 48.0 Å². The van der Waals surface area contributed by atoms with E-state index in [0.29, 0.717) is 0 Å². The van der Waals surface area contributed by atoms with E-state index in [-0.39, 0.29) is 0 Å². The first-order valence-corrected chi connectivity index (χ1v) is 29.0. The predicted molar refractivity (Wildman–Crippen MR) is 278 cm³/mol. The average Bonchev–Trinajstić information content (AvgIpc) is 2.95. The third-order valence-electron chi connectivity index (χ3n) is 15.8. The smallest absolute Gasteiger partial charge is 0.394 e. The van der Waals surface area contributed by atoms with Crippen LogP contribution in [0.25, 0.3) is 0 Å². The number of carbonyl (C=O) groups excluding carboxylic acids is 5. The standard InChI is InChI=1S/C49H83N5O32S/c1-15-32(63)39(70)40(71)49(78-15)76-14-26-44(35(66)28(45(72)80-26)51-17(3)59)79-22-9-21(13-77-87(73,74)75-8)41(34(65)27(22)50-16(2)58)84-46-29(52-18(4)60)36(67)42(24(11-56)82-46)85-47-30(53-19(5)61)37(68)43(25(12-57)83-47)86-48-31(54(7)20(6)62)38(69)33(64)23(10-55)81-48/h15,21-49,55-57,63-72H,9-14H2,1-8H3,(H,50,58)(H,51,59)(H,52,60)(H,53,61). The molecule has 30 unspecified atom stereocenters. The number of hydrogen-bond donors (Lipinski definition) is 17. The molecule has 0 aromatic carbocycles. The number of aliphatic hydroxyl groups excluding tert-OH is 13. The first kappa shape index (κ1) is 72.4. The number of amides is 5. The molecule has 1 aliphatic carbocycles. The maximum Gasteiger partial charge on any atom is 0.399 e. The lowest BCUT2D eigenvalue weighted by Crippen LogP contribution is -2.71. The molecule has 30 atom stereocenters. The Morgan fingerprint density at radius 3 is 1.44 bits per heavy atom. The second-order valence-corrected chi connectivity index (χ2v) is 23.4. The topological polar surface area (TPSA) is 545 Å². The molecule has 1 saturated carbocycles. The lowest BCUT2D eigenvalue weighted by atomic mass is 9.79. The van der Waals surface area contributed by atoms with Crippen LogP contribution >= 0.6 is 0 Å². The summed E-state index contributed by atoms with van der Waals surface area (Å²) >= 11 is 0. The van der Waals surface area contributed by atoms with Crippen molar-refractivity contribution >= 4 is 39.9 Å². The van der Waals surface area contributed by atoms with Gasteiger partial charge in [0.1, 0.15) is 122 Å². The van der Waals surface area contributed by atoms with Crippen molar-refractivity contribution in [2.75, 3.05) is 47.2 Å². The van der Waals surface area contributed by atoms with Crippen LogP contribution < -0.4 is 21.3 Å². The summed E-state index contributed by atoms with van der Waals surface area (Å²) in [6, 6.07) is -8.40. The van der Waals surface area contributed by atoms with Gasteiger partial charge >= 0.3 is 10.4 Å². The SMILES string of the molecule is COS(=O)(=O)OCC1CC(OC2C(COC3OC(C)C(O)C(O)C3O)OC(O)C(NC(C)=O)C2O)C(NC(C)=O)C(O)C1OC1OC(CO)C(OC2OC(CO)C(OC3OC(CO)C(O)C(O)C3N(C)C(C)=O)C(O)C2NC(C)=O)C(O)C1NC(C)=O. The van der Waals surface area contributed by atoms with Gasteiger partial charge in [0.2, 0.25) is 29.5 Å². The van der Waals surface area contributed by atoms with Crippen molar-refractivity contribution in [1.29, 1.82) is 0 Å². The van der Waals surface area contributed by atoms with Gasteiger partial charge in [0.05, 0.1) is 64.5 Å². The molecular formula is C49H83N5O32S. The molecule has 6 aliphatic rings. The summed E-state index contributed by atoms with van der Waals surface area (Å²) in [5.41, 5.74) is 0. The van der Waals surface area contributed by atoms with E-state index in [2.05, 4.69) is 25.5 Å². The van der Waals surface area contributed by atoms with E-state index in [1.807, 2.05) is 0 Å². The minimum Gasteiger partial charge on any atom is -0.394 e. The van der Waals surface area contributed by atoms with Gasteiger partial charge in [0.15, 0.2) is 31.5 Å². The quantitative estimate of drug-likeness (QED) is 0.0452. The van der Waals surface area contributed by atoms with Crippen molar-refractivity contribution in [1.82, 2.24) is 26.2 Å². The fourth-order valence-electron chi connectivity index (χ4n) is 11.3. The first-order valence-electron chi connectivity index (χ1n) is 27.7. The molecule has 0 aromatic rings. The fraction of sp³-hybridized carbons (Fsp3) is 0.898. The molecule has 0 spiro atoms. The van der Waals surface area contributed by atoms with Gasteiger partial charge in [-0.25, -0.2) is 4.18 Å². The number of aliphatic hydroxyl groups is 13. The van der Waals surface area contributed by atoms with Crippen LogP contribution in [0.2, 0.25) is 0 Å². The Morgan fingerprint density at radius 1 is 0.494 bits per heavy atom. The normalized spacial score (nSPS) is 43.6. The van der Waals surface area contributed by atoms with Crippen molar-refractivity contribution in [3.05, 3.63) is 0 Å². The molecule has 38 heteroatoms. The highest BCUT2D eigenvalue weighted by molar-refractivity contribution is 7.81. The Labute approximate surface area is 498 Å². The second-order valence-electron chi connectivity index (χ2n) is 22.0. The summed E-state index contributed by atoms with van der Waals surface area (Å²) < 4.78 is 94.9. The highest BCUT2D eigenvalue weighted by Crippen LogP contribution is 2.39. The van der Waals surface area contributed by atoms with Gasteiger partial charge in [-0.1, -0.05) is 0 Å². The van der Waals surface area contributed by atoms with E-state index in [4.69, 9.17) is 51.6 Å². The summed E-state index contributed by atoms with van der Waals surface area (Å²) in [5.74, 6) is -5.42. The summed E-state index contributed by atoms with van der Waals surface area (Å²) in [6.45, 7) is 1.95. The number of hydrogen-bond acceptors (Lipinski definition) is 32. The van der Waals surface area contributed by atoms with E-state index in [9.17, 15) is 98.8 Å². The third-order valence-corrected chi connectivity index (χ3v) is 16.7. The summed E-state index contributed by atoms with van der Waals surface area (Å²) in [7, 11) is -2.84. The molecule has 5 amide bonds. The van der Waals surface area contributed by atoms with Crippen LogP contribution in [-0.4, -0.2) is 334 Å². The molecule has 6 rings (SSSR count). The third kappa shape index (κ3) is 17.1. The van der Waals surface area contributed by atoms with Crippen molar-refractivity contribution in [3.63, 3.8) is 0 Å². The Morgan fingerprint density at radius 2 is 0.943 bits per heavy atom. The second kappa shape index (κ2) is 31.1. The molecular weight excluding hydrogens is 1200 g/mol. The van der Waals surface area contributed by atoms with Crippen molar-refractivity contribution < 1.29 is 155 Å². The number of carbonyl (C=O) groups is 5. The van der Waals surface area contributed by atoms with Gasteiger partial charge in [-0.05, 0) is 13.3 Å². The molecule has 502 valence electrons. The van der Waals surface area contributed by atoms with Gasteiger partial charge in [-0.3, -0.25) is 28.2 Å². The number of rotatable bonds is 23. The molecule has 5 aliphatic heterocycles. The minimum absolute atomic E-state index is 0.550. The molecule has 0 radical (unpaired) electrons. The maximum absolute atomic E-state index is 13.0. The largest absolute Gasteiger partial charge is 0.399 e. The van der Waals surface area contributed by atoms with Gasteiger partial charge in [-0.15, -0.1) is 0 Å². The van der Waals surface area contributed by atoms with Crippen LogP contribution in [0.4, 0.5) is 0 Å². The zero-order valence-electron chi connectivity index (χ0n) is 48.5. The van der Waals surface area contributed by atoms with Gasteiger partial charge in [-0.2, -0.15) is 8.42 Å². The highest BCUT2D eigenvalue weighted by Gasteiger charge is 2.58. The molecule has 0 aromatic heterocycles. The molecule has 0 bridgehead atoms. The molecule has 6 fully saturated rings. The molecule has 87 heavy (non-hydrogen) atoms. The summed E-state index contributed by atoms with van der Waals surface area (Å²) in [5, 5.41) is 154. The van der Waals surface area contributed by atoms with Crippen molar-refractivity contribution in [2.45, 2.75) is 226 Å². The zero-order valence-corrected chi connectivity index (χ0v) is 49.3. The van der Waals surface area contributed by atoms with Crippen molar-refractivity contribution in [2.24, 2.45) is 5.92 Å². The van der Waals surface area contributed by atoms with E-state index < -0.39 is 263 Å². The minimum atomic E-state index is -4.83. The molecule has 5 saturated heterocycles.